The third-order valence-electron chi connectivity index (χ3n) is 5.77. The van der Waals surface area contributed by atoms with Crippen molar-refractivity contribution in [3.8, 4) is 0 Å². The van der Waals surface area contributed by atoms with Crippen LogP contribution in [-0.2, 0) is 4.79 Å². The fourth-order valence-electron chi connectivity index (χ4n) is 4.07. The van der Waals surface area contributed by atoms with Crippen molar-refractivity contribution in [1.29, 1.82) is 0 Å². The number of halogens is 2. The second-order valence-corrected chi connectivity index (χ2v) is 8.29. The number of carbonyl (C=O) groups is 2. The van der Waals surface area contributed by atoms with Gasteiger partial charge in [0.25, 0.3) is 5.91 Å². The molecule has 2 aliphatic rings. The molecule has 7 heteroatoms. The molecule has 0 spiro atoms. The molecule has 28 heavy (non-hydrogen) atoms. The molecule has 1 aromatic carbocycles. The van der Waals surface area contributed by atoms with E-state index in [1.807, 2.05) is 4.90 Å². The van der Waals surface area contributed by atoms with Crippen molar-refractivity contribution < 1.29 is 9.59 Å². The van der Waals surface area contributed by atoms with Crippen LogP contribution in [0.25, 0.3) is 0 Å². The average molecular weight is 428 g/mol. The van der Waals surface area contributed by atoms with E-state index in [9.17, 15) is 9.59 Å². The van der Waals surface area contributed by atoms with Crippen molar-refractivity contribution in [3.63, 3.8) is 0 Å². The van der Waals surface area contributed by atoms with Crippen molar-refractivity contribution in [2.75, 3.05) is 31.5 Å². The molecule has 2 atom stereocenters. The fraction of sp³-hybridized carbons (Fsp3) is 0.619. The van der Waals surface area contributed by atoms with Gasteiger partial charge in [-0.2, -0.15) is 0 Å². The Kier molecular flexibility index (Phi) is 9.06. The zero-order valence-corrected chi connectivity index (χ0v) is 18.1. The Morgan fingerprint density at radius 2 is 2.00 bits per heavy atom. The van der Waals surface area contributed by atoms with Crippen molar-refractivity contribution in [1.82, 2.24) is 10.2 Å². The zero-order valence-electron chi connectivity index (χ0n) is 16.5. The number of carbonyl (C=O) groups excluding carboxylic acids is 2. The normalized spacial score (nSPS) is 20.8. The molecular weight excluding hydrogens is 397 g/mol. The number of benzene rings is 1. The summed E-state index contributed by atoms with van der Waals surface area (Å²) in [6.07, 6.45) is 6.13. The summed E-state index contributed by atoms with van der Waals surface area (Å²) in [6, 6.07) is 5.18. The van der Waals surface area contributed by atoms with E-state index in [1.54, 1.807) is 18.2 Å². The molecule has 2 saturated heterocycles. The number of hydrogen-bond acceptors (Lipinski definition) is 3. The van der Waals surface area contributed by atoms with Crippen LogP contribution in [0.5, 0.6) is 0 Å². The first-order valence-corrected chi connectivity index (χ1v) is 10.5. The molecule has 2 heterocycles. The first-order valence-electron chi connectivity index (χ1n) is 10.1. The Balaban J connectivity index is 0.00000280. The molecular formula is C21H31Cl2N3O2. The number of nitrogens with zero attached hydrogens (tertiary/aromatic N) is 1. The van der Waals surface area contributed by atoms with Gasteiger partial charge in [-0.25, -0.2) is 0 Å². The Hall–Kier alpha value is -1.30. The minimum atomic E-state index is -0.0176. The van der Waals surface area contributed by atoms with E-state index < -0.39 is 0 Å². The van der Waals surface area contributed by atoms with Gasteiger partial charge in [-0.3, -0.25) is 9.59 Å². The number of rotatable bonds is 5. The minimum absolute atomic E-state index is 0. The number of likely N-dealkylation sites (tertiary alicyclic amines) is 1. The lowest BCUT2D eigenvalue weighted by Crippen LogP contribution is -2.35. The van der Waals surface area contributed by atoms with Crippen LogP contribution in [0.1, 0.15) is 55.8 Å². The van der Waals surface area contributed by atoms with Gasteiger partial charge in [0.1, 0.15) is 0 Å². The van der Waals surface area contributed by atoms with Crippen molar-refractivity contribution in [3.05, 3.63) is 28.8 Å². The molecule has 1 aromatic rings. The standard InChI is InChI=1S/C21H30ClN3O2.ClH/c1-15(16-6-5-9-23-14-16)12-20(26)24-17-7-8-18(19(22)13-17)21(27)25-10-3-2-4-11-25;/h7-8,13,15-16,23H,2-6,9-12,14H2,1H3,(H,24,26);1H. The molecule has 2 N–H and O–H groups in total. The first-order chi connectivity index (χ1) is 13.0. The van der Waals surface area contributed by atoms with Gasteiger partial charge in [0, 0.05) is 25.2 Å². The third kappa shape index (κ3) is 6.10. The summed E-state index contributed by atoms with van der Waals surface area (Å²) in [5, 5.41) is 6.73. The quantitative estimate of drug-likeness (QED) is 0.733. The lowest BCUT2D eigenvalue weighted by atomic mass is 9.85. The topological polar surface area (TPSA) is 61.4 Å². The highest BCUT2D eigenvalue weighted by Crippen LogP contribution is 2.26. The molecule has 0 bridgehead atoms. The van der Waals surface area contributed by atoms with Gasteiger partial charge in [0.15, 0.2) is 0 Å². The highest BCUT2D eigenvalue weighted by atomic mass is 35.5. The molecule has 2 unspecified atom stereocenters. The van der Waals surface area contributed by atoms with Gasteiger partial charge in [-0.05, 0) is 75.2 Å². The molecule has 5 nitrogen and oxygen atoms in total. The number of hydrogen-bond donors (Lipinski definition) is 2. The van der Waals surface area contributed by atoms with Crippen LogP contribution >= 0.6 is 24.0 Å². The van der Waals surface area contributed by atoms with Crippen LogP contribution in [0.4, 0.5) is 5.69 Å². The Morgan fingerprint density at radius 3 is 2.64 bits per heavy atom. The van der Waals surface area contributed by atoms with E-state index in [0.29, 0.717) is 34.5 Å². The highest BCUT2D eigenvalue weighted by molar-refractivity contribution is 6.34. The maximum atomic E-state index is 12.6. The predicted molar refractivity (Wildman–Crippen MR) is 116 cm³/mol. The summed E-state index contributed by atoms with van der Waals surface area (Å²) in [5.74, 6) is 0.876. The van der Waals surface area contributed by atoms with Crippen LogP contribution in [0.2, 0.25) is 5.02 Å². The van der Waals surface area contributed by atoms with Crippen LogP contribution < -0.4 is 10.6 Å². The van der Waals surface area contributed by atoms with Crippen LogP contribution in [-0.4, -0.2) is 42.9 Å². The van der Waals surface area contributed by atoms with E-state index >= 15 is 0 Å². The summed E-state index contributed by atoms with van der Waals surface area (Å²) >= 11 is 6.35. The molecule has 2 fully saturated rings. The molecule has 0 saturated carbocycles. The zero-order chi connectivity index (χ0) is 19.2. The highest BCUT2D eigenvalue weighted by Gasteiger charge is 2.23. The van der Waals surface area contributed by atoms with Crippen LogP contribution in [0.3, 0.4) is 0 Å². The summed E-state index contributed by atoms with van der Waals surface area (Å²) < 4.78 is 0. The average Bonchev–Trinajstić information content (AvgIpc) is 2.69. The number of amides is 2. The summed E-state index contributed by atoms with van der Waals surface area (Å²) in [7, 11) is 0. The molecule has 0 aliphatic carbocycles. The van der Waals surface area contributed by atoms with Gasteiger partial charge in [-0.15, -0.1) is 12.4 Å². The smallest absolute Gasteiger partial charge is 0.255 e. The van der Waals surface area contributed by atoms with E-state index in [0.717, 1.165) is 39.0 Å². The molecule has 0 aromatic heterocycles. The largest absolute Gasteiger partial charge is 0.339 e. The van der Waals surface area contributed by atoms with Crippen molar-refractivity contribution in [2.45, 2.75) is 45.4 Å². The second-order valence-electron chi connectivity index (χ2n) is 7.88. The summed E-state index contributed by atoms with van der Waals surface area (Å²) in [5.41, 5.74) is 1.16. The van der Waals surface area contributed by atoms with Gasteiger partial charge in [0.2, 0.25) is 5.91 Å². The van der Waals surface area contributed by atoms with Crippen LogP contribution in [0.15, 0.2) is 18.2 Å². The maximum absolute atomic E-state index is 12.6. The van der Waals surface area contributed by atoms with Gasteiger partial charge in [-0.1, -0.05) is 18.5 Å². The lowest BCUT2D eigenvalue weighted by molar-refractivity contribution is -0.117. The summed E-state index contributed by atoms with van der Waals surface area (Å²) in [6.45, 7) is 5.80. The number of piperidine rings is 2. The van der Waals surface area contributed by atoms with E-state index in [4.69, 9.17) is 11.6 Å². The third-order valence-corrected chi connectivity index (χ3v) is 6.09. The van der Waals surface area contributed by atoms with Crippen molar-refractivity contribution in [2.24, 2.45) is 11.8 Å². The Labute approximate surface area is 179 Å². The molecule has 3 rings (SSSR count). The maximum Gasteiger partial charge on any atom is 0.255 e. The predicted octanol–water partition coefficient (Wildman–Crippen LogP) is 4.35. The Morgan fingerprint density at radius 1 is 1.25 bits per heavy atom. The molecule has 2 aliphatic heterocycles. The van der Waals surface area contributed by atoms with E-state index in [-0.39, 0.29) is 24.2 Å². The number of nitrogens with one attached hydrogen (secondary N) is 2. The SMILES string of the molecule is CC(CC(=O)Nc1ccc(C(=O)N2CCCCC2)c(Cl)c1)C1CCCNC1.Cl. The fourth-order valence-corrected chi connectivity index (χ4v) is 4.33. The molecule has 156 valence electrons. The van der Waals surface area contributed by atoms with Gasteiger partial charge in [0.05, 0.1) is 10.6 Å². The summed E-state index contributed by atoms with van der Waals surface area (Å²) in [4.78, 5) is 26.9. The second kappa shape index (κ2) is 11.0. The van der Waals surface area contributed by atoms with Crippen molar-refractivity contribution >= 4 is 41.5 Å². The molecule has 0 radical (unpaired) electrons. The molecule has 2 amide bonds. The monoisotopic (exact) mass is 427 g/mol. The minimum Gasteiger partial charge on any atom is -0.339 e. The van der Waals surface area contributed by atoms with E-state index in [1.165, 1.54) is 19.3 Å². The number of anilines is 1. The van der Waals surface area contributed by atoms with Gasteiger partial charge < -0.3 is 15.5 Å². The van der Waals surface area contributed by atoms with Gasteiger partial charge >= 0.3 is 0 Å². The first kappa shape index (κ1) is 23.0. The lowest BCUT2D eigenvalue weighted by Gasteiger charge is -2.28. The van der Waals surface area contributed by atoms with E-state index in [2.05, 4.69) is 17.6 Å². The van der Waals surface area contributed by atoms with Crippen LogP contribution in [0, 0.1) is 11.8 Å². The Bertz CT molecular complexity index is 672.